The van der Waals surface area contributed by atoms with Crippen molar-refractivity contribution < 1.29 is 9.59 Å². The van der Waals surface area contributed by atoms with E-state index in [4.69, 9.17) is 0 Å². The number of benzene rings is 1. The number of hydrogen-bond donors (Lipinski definition) is 2. The van der Waals surface area contributed by atoms with E-state index in [2.05, 4.69) is 10.6 Å². The molecule has 0 saturated carbocycles. The van der Waals surface area contributed by atoms with Crippen LogP contribution in [-0.4, -0.2) is 42.9 Å². The Hall–Kier alpha value is -1.88. The van der Waals surface area contributed by atoms with Crippen LogP contribution in [0.15, 0.2) is 24.3 Å². The number of hydrogen-bond acceptors (Lipinski definition) is 3. The number of nitrogens with one attached hydrogen (secondary N) is 2. The first-order valence-corrected chi connectivity index (χ1v) is 8.52. The molecular weight excluding hydrogens is 290 g/mol. The fourth-order valence-electron chi connectivity index (χ4n) is 2.87. The molecule has 1 aliphatic heterocycles. The van der Waals surface area contributed by atoms with E-state index < -0.39 is 0 Å². The third kappa shape index (κ3) is 4.79. The van der Waals surface area contributed by atoms with E-state index in [9.17, 15) is 9.59 Å². The number of amides is 2. The number of nitrogens with zero attached hydrogens (tertiary/aromatic N) is 1. The van der Waals surface area contributed by atoms with Crippen molar-refractivity contribution in [2.75, 3.05) is 26.2 Å². The van der Waals surface area contributed by atoms with Gasteiger partial charge in [0.2, 0.25) is 5.91 Å². The molecule has 2 rings (SSSR count). The predicted octanol–water partition coefficient (Wildman–Crippen LogP) is 1.78. The van der Waals surface area contributed by atoms with Crippen LogP contribution >= 0.6 is 0 Å². The van der Waals surface area contributed by atoms with Crippen LogP contribution in [0.4, 0.5) is 0 Å². The van der Waals surface area contributed by atoms with Crippen LogP contribution in [0, 0.1) is 5.92 Å². The van der Waals surface area contributed by atoms with Crippen LogP contribution in [0.5, 0.6) is 0 Å². The van der Waals surface area contributed by atoms with Gasteiger partial charge in [0.05, 0.1) is 5.92 Å². The van der Waals surface area contributed by atoms with E-state index in [0.717, 1.165) is 31.5 Å². The molecule has 23 heavy (non-hydrogen) atoms. The van der Waals surface area contributed by atoms with Crippen molar-refractivity contribution in [3.63, 3.8) is 0 Å². The van der Waals surface area contributed by atoms with E-state index in [1.807, 2.05) is 38.1 Å². The average molecular weight is 317 g/mol. The Morgan fingerprint density at radius 1 is 1.22 bits per heavy atom. The minimum atomic E-state index is 0.0545. The molecule has 0 aromatic heterocycles. The molecule has 1 fully saturated rings. The van der Waals surface area contributed by atoms with Crippen molar-refractivity contribution in [1.29, 1.82) is 0 Å². The summed E-state index contributed by atoms with van der Waals surface area (Å²) in [6, 6.07) is 7.50. The Bertz CT molecular complexity index is 518. The van der Waals surface area contributed by atoms with Crippen molar-refractivity contribution in [1.82, 2.24) is 15.5 Å². The number of carbonyl (C=O) groups excluding carboxylic acids is 2. The molecule has 0 aliphatic carbocycles. The fourth-order valence-corrected chi connectivity index (χ4v) is 2.87. The molecule has 5 heteroatoms. The Balaban J connectivity index is 1.87. The molecule has 2 amide bonds. The predicted molar refractivity (Wildman–Crippen MR) is 91.1 cm³/mol. The molecule has 5 nitrogen and oxygen atoms in total. The molecule has 1 aliphatic rings. The zero-order valence-electron chi connectivity index (χ0n) is 14.1. The van der Waals surface area contributed by atoms with Gasteiger partial charge in [-0.05, 0) is 50.9 Å². The van der Waals surface area contributed by atoms with Crippen LogP contribution in [0.1, 0.15) is 42.6 Å². The third-order valence-electron chi connectivity index (χ3n) is 4.39. The lowest BCUT2D eigenvalue weighted by Crippen LogP contribution is -2.40. The van der Waals surface area contributed by atoms with Crippen molar-refractivity contribution >= 4 is 11.8 Å². The highest BCUT2D eigenvalue weighted by molar-refractivity contribution is 5.94. The molecule has 1 atom stereocenters. The smallest absolute Gasteiger partial charge is 0.253 e. The standard InChI is InChI=1S/C18H27N3O2/c1-3-21(4-2)18(23)15-9-7-14(8-10-15)12-20-17(22)16-6-5-11-19-13-16/h7-10,16,19H,3-6,11-13H2,1-2H3,(H,20,22). The molecule has 1 aromatic rings. The van der Waals surface area contributed by atoms with Gasteiger partial charge in [0.1, 0.15) is 0 Å². The molecule has 0 radical (unpaired) electrons. The van der Waals surface area contributed by atoms with Gasteiger partial charge in [-0.3, -0.25) is 9.59 Å². The monoisotopic (exact) mass is 317 g/mol. The zero-order chi connectivity index (χ0) is 16.7. The van der Waals surface area contributed by atoms with Crippen LogP contribution in [0.25, 0.3) is 0 Å². The van der Waals surface area contributed by atoms with Crippen LogP contribution in [0.3, 0.4) is 0 Å². The summed E-state index contributed by atoms with van der Waals surface area (Å²) in [6.07, 6.45) is 2.01. The van der Waals surface area contributed by atoms with Crippen molar-refractivity contribution in [3.8, 4) is 0 Å². The summed E-state index contributed by atoms with van der Waals surface area (Å²) in [4.78, 5) is 26.1. The summed E-state index contributed by atoms with van der Waals surface area (Å²) in [5.74, 6) is 0.242. The highest BCUT2D eigenvalue weighted by Gasteiger charge is 2.20. The van der Waals surface area contributed by atoms with Gasteiger partial charge in [-0.25, -0.2) is 0 Å². The maximum atomic E-state index is 12.2. The van der Waals surface area contributed by atoms with Gasteiger partial charge in [0.25, 0.3) is 5.91 Å². The molecule has 1 heterocycles. The number of piperidine rings is 1. The first kappa shape index (κ1) is 17.5. The van der Waals surface area contributed by atoms with Crippen molar-refractivity contribution in [2.24, 2.45) is 5.92 Å². The van der Waals surface area contributed by atoms with E-state index >= 15 is 0 Å². The fraction of sp³-hybridized carbons (Fsp3) is 0.556. The SMILES string of the molecule is CCN(CC)C(=O)c1ccc(CNC(=O)C2CCCNC2)cc1. The second kappa shape index (κ2) is 8.67. The summed E-state index contributed by atoms with van der Waals surface area (Å²) in [5.41, 5.74) is 1.71. The Morgan fingerprint density at radius 2 is 1.91 bits per heavy atom. The average Bonchev–Trinajstić information content (AvgIpc) is 2.61. The Kier molecular flexibility index (Phi) is 6.59. The molecule has 1 saturated heterocycles. The normalized spacial score (nSPS) is 17.6. The maximum Gasteiger partial charge on any atom is 0.253 e. The molecule has 0 spiro atoms. The molecule has 0 bridgehead atoms. The minimum absolute atomic E-state index is 0.0545. The lowest BCUT2D eigenvalue weighted by atomic mass is 9.99. The van der Waals surface area contributed by atoms with E-state index in [1.54, 1.807) is 4.90 Å². The third-order valence-corrected chi connectivity index (χ3v) is 4.39. The topological polar surface area (TPSA) is 61.4 Å². The van der Waals surface area contributed by atoms with E-state index in [-0.39, 0.29) is 17.7 Å². The lowest BCUT2D eigenvalue weighted by molar-refractivity contribution is -0.125. The summed E-state index contributed by atoms with van der Waals surface area (Å²) in [5, 5.41) is 6.24. The second-order valence-electron chi connectivity index (χ2n) is 5.94. The summed E-state index contributed by atoms with van der Waals surface area (Å²) in [6.45, 7) is 7.66. The second-order valence-corrected chi connectivity index (χ2v) is 5.94. The highest BCUT2D eigenvalue weighted by atomic mass is 16.2. The zero-order valence-corrected chi connectivity index (χ0v) is 14.1. The van der Waals surface area contributed by atoms with Gasteiger partial charge in [0.15, 0.2) is 0 Å². The van der Waals surface area contributed by atoms with Gasteiger partial charge in [-0.15, -0.1) is 0 Å². The highest BCUT2D eigenvalue weighted by Crippen LogP contribution is 2.11. The lowest BCUT2D eigenvalue weighted by Gasteiger charge is -2.22. The summed E-state index contributed by atoms with van der Waals surface area (Å²) in [7, 11) is 0. The van der Waals surface area contributed by atoms with Crippen LogP contribution in [0.2, 0.25) is 0 Å². The molecule has 2 N–H and O–H groups in total. The first-order chi connectivity index (χ1) is 11.2. The van der Waals surface area contributed by atoms with E-state index in [0.29, 0.717) is 25.2 Å². The first-order valence-electron chi connectivity index (χ1n) is 8.52. The molecule has 126 valence electrons. The summed E-state index contributed by atoms with van der Waals surface area (Å²) >= 11 is 0. The van der Waals surface area contributed by atoms with Gasteiger partial charge >= 0.3 is 0 Å². The minimum Gasteiger partial charge on any atom is -0.352 e. The van der Waals surface area contributed by atoms with E-state index in [1.165, 1.54) is 0 Å². The number of rotatable bonds is 6. The van der Waals surface area contributed by atoms with Gasteiger partial charge in [-0.2, -0.15) is 0 Å². The van der Waals surface area contributed by atoms with Crippen LogP contribution in [-0.2, 0) is 11.3 Å². The molecule has 1 unspecified atom stereocenters. The van der Waals surface area contributed by atoms with Gasteiger partial charge < -0.3 is 15.5 Å². The largest absolute Gasteiger partial charge is 0.352 e. The Labute approximate surface area is 138 Å². The van der Waals surface area contributed by atoms with Gasteiger partial charge in [0, 0.05) is 31.7 Å². The van der Waals surface area contributed by atoms with Crippen LogP contribution < -0.4 is 10.6 Å². The van der Waals surface area contributed by atoms with Crippen molar-refractivity contribution in [3.05, 3.63) is 35.4 Å². The quantitative estimate of drug-likeness (QED) is 0.841. The molecule has 1 aromatic carbocycles. The van der Waals surface area contributed by atoms with Crippen molar-refractivity contribution in [2.45, 2.75) is 33.2 Å². The maximum absolute atomic E-state index is 12.2. The number of carbonyl (C=O) groups is 2. The Morgan fingerprint density at radius 3 is 2.48 bits per heavy atom. The molecular formula is C18H27N3O2. The van der Waals surface area contributed by atoms with Gasteiger partial charge in [-0.1, -0.05) is 12.1 Å². The summed E-state index contributed by atoms with van der Waals surface area (Å²) < 4.78 is 0.